The molecule has 0 aliphatic carbocycles. The van der Waals surface area contributed by atoms with E-state index in [1.54, 1.807) is 5.30 Å². The summed E-state index contributed by atoms with van der Waals surface area (Å²) in [6.45, 7) is 1.93. The summed E-state index contributed by atoms with van der Waals surface area (Å²) in [5.41, 5.74) is 0.773. The van der Waals surface area contributed by atoms with Gasteiger partial charge >= 0.3 is 99.6 Å². The number of aliphatic hydroxyl groups excluding tert-OH is 1. The molecule has 88 valence electrons. The van der Waals surface area contributed by atoms with Gasteiger partial charge in [-0.1, -0.05) is 0 Å². The summed E-state index contributed by atoms with van der Waals surface area (Å²) in [7, 11) is 1.19. The van der Waals surface area contributed by atoms with Gasteiger partial charge in [-0.05, 0) is 0 Å². The van der Waals surface area contributed by atoms with Crippen LogP contribution in [0, 0.1) is 0 Å². The molecule has 2 rings (SSSR count). The fraction of sp³-hybridized carbons (Fsp3) is 0.538. The third kappa shape index (κ3) is 2.33. The predicted octanol–water partition coefficient (Wildman–Crippen LogP) is 1.54. The number of rotatable bonds is 3. The van der Waals surface area contributed by atoms with Gasteiger partial charge in [-0.25, -0.2) is 0 Å². The molecule has 0 bridgehead atoms. The van der Waals surface area contributed by atoms with E-state index in [0.717, 1.165) is 12.1 Å². The minimum absolute atomic E-state index is 0.140. The fourth-order valence-electron chi connectivity index (χ4n) is 3.23. The molecule has 3 heteroatoms. The van der Waals surface area contributed by atoms with E-state index in [1.165, 1.54) is 19.0 Å². The maximum absolute atomic E-state index is 9.61. The molecule has 1 aliphatic heterocycles. The van der Waals surface area contributed by atoms with Crippen LogP contribution in [-0.2, 0) is 0 Å². The molecule has 1 N–H and O–H groups in total. The first-order chi connectivity index (χ1) is 7.63. The van der Waals surface area contributed by atoms with Crippen molar-refractivity contribution >= 4 is 20.0 Å². The van der Waals surface area contributed by atoms with Crippen molar-refractivity contribution < 1.29 is 5.11 Å². The zero-order valence-corrected chi connectivity index (χ0v) is 11.3. The molecule has 1 aromatic carbocycles. The molecule has 1 fully saturated rings. The summed E-state index contributed by atoms with van der Waals surface area (Å²) in [5.74, 6) is 0. The van der Waals surface area contributed by atoms with Crippen molar-refractivity contribution in [2.45, 2.75) is 37.9 Å². The standard InChI is InChI=1S/C13H22BOP/c1-11(15)10-13-8-5-9-16(13,14)12-6-3-2-4-7-12/h2-4,6-7,11,13,15-16H,5,8-10,14H2,1H3/t11-,13?/m0/s1. The van der Waals surface area contributed by atoms with Crippen molar-refractivity contribution in [1.29, 1.82) is 0 Å². The van der Waals surface area contributed by atoms with E-state index in [4.69, 9.17) is 0 Å². The van der Waals surface area contributed by atoms with Crippen molar-refractivity contribution in [2.24, 2.45) is 0 Å². The second-order valence-corrected chi connectivity index (χ2v) is 10.2. The van der Waals surface area contributed by atoms with Crippen molar-refractivity contribution in [1.82, 2.24) is 0 Å². The average Bonchev–Trinajstić information content (AvgIpc) is 2.62. The Morgan fingerprint density at radius 1 is 1.44 bits per heavy atom. The van der Waals surface area contributed by atoms with Crippen LogP contribution in [0.15, 0.2) is 30.3 Å². The molecule has 1 aliphatic rings. The molecule has 0 radical (unpaired) electrons. The van der Waals surface area contributed by atoms with Crippen molar-refractivity contribution in [3.63, 3.8) is 0 Å². The molecule has 1 heterocycles. The van der Waals surface area contributed by atoms with Crippen LogP contribution in [0.4, 0.5) is 0 Å². The van der Waals surface area contributed by atoms with Gasteiger partial charge in [-0.2, -0.15) is 0 Å². The summed E-state index contributed by atoms with van der Waals surface area (Å²) in [4.78, 5) is 0. The first kappa shape index (κ1) is 12.1. The van der Waals surface area contributed by atoms with Crippen molar-refractivity contribution in [2.75, 3.05) is 6.16 Å². The monoisotopic (exact) mass is 236 g/mol. The summed E-state index contributed by atoms with van der Waals surface area (Å²) in [6.07, 6.45) is 4.93. The predicted molar refractivity (Wildman–Crippen MR) is 77.1 cm³/mol. The van der Waals surface area contributed by atoms with Gasteiger partial charge in [0.05, 0.1) is 0 Å². The second-order valence-electron chi connectivity index (χ2n) is 5.46. The van der Waals surface area contributed by atoms with Gasteiger partial charge in [0.2, 0.25) is 0 Å². The molecule has 1 nitrogen and oxygen atoms in total. The molecule has 1 aromatic rings. The van der Waals surface area contributed by atoms with E-state index >= 15 is 0 Å². The zero-order valence-electron chi connectivity index (χ0n) is 10.3. The van der Waals surface area contributed by atoms with E-state index in [0.29, 0.717) is 0 Å². The zero-order chi connectivity index (χ0) is 11.6. The van der Waals surface area contributed by atoms with E-state index in [1.807, 2.05) is 6.92 Å². The molecule has 0 saturated carbocycles. The Morgan fingerprint density at radius 2 is 2.12 bits per heavy atom. The van der Waals surface area contributed by atoms with Crippen molar-refractivity contribution in [3.8, 4) is 0 Å². The summed E-state index contributed by atoms with van der Waals surface area (Å²) >= 11 is 0. The molecule has 0 amide bonds. The van der Waals surface area contributed by atoms with Gasteiger partial charge in [0.25, 0.3) is 0 Å². The Labute approximate surface area is 100.0 Å². The Balaban J connectivity index is 2.23. The first-order valence-corrected chi connectivity index (χ1v) is 9.15. The van der Waals surface area contributed by atoms with Gasteiger partial charge in [0.15, 0.2) is 0 Å². The maximum atomic E-state index is 9.61. The van der Waals surface area contributed by atoms with Gasteiger partial charge in [0, 0.05) is 0 Å². The summed E-state index contributed by atoms with van der Waals surface area (Å²) in [5, 5.41) is 11.2. The topological polar surface area (TPSA) is 20.2 Å². The van der Waals surface area contributed by atoms with Gasteiger partial charge < -0.3 is 0 Å². The summed E-state index contributed by atoms with van der Waals surface area (Å²) < 4.78 is 0. The SMILES string of the molecule is B[PH]1(c2ccccc2)CCCC1C[C@H](C)O. The van der Waals surface area contributed by atoms with E-state index in [-0.39, 0.29) is 6.10 Å². The Bertz CT molecular complexity index is 341. The van der Waals surface area contributed by atoms with Gasteiger partial charge in [0.1, 0.15) is 0 Å². The van der Waals surface area contributed by atoms with E-state index < -0.39 is 7.14 Å². The van der Waals surface area contributed by atoms with Crippen LogP contribution in [-0.4, -0.2) is 30.6 Å². The van der Waals surface area contributed by atoms with Crippen LogP contribution in [0.25, 0.3) is 0 Å². The quantitative estimate of drug-likeness (QED) is 0.623. The fourth-order valence-corrected chi connectivity index (χ4v) is 7.99. The van der Waals surface area contributed by atoms with E-state index in [2.05, 4.69) is 37.9 Å². The molecule has 0 spiro atoms. The number of hydrogen-bond donors (Lipinski definition) is 1. The normalized spacial score (nSPS) is 27.5. The van der Waals surface area contributed by atoms with Crippen LogP contribution in [0.3, 0.4) is 0 Å². The Hall–Kier alpha value is -0.325. The molecule has 16 heavy (non-hydrogen) atoms. The van der Waals surface area contributed by atoms with Crippen LogP contribution in [0.1, 0.15) is 26.2 Å². The molecule has 1 saturated heterocycles. The van der Waals surface area contributed by atoms with E-state index in [9.17, 15) is 5.11 Å². The number of hydrogen-bond acceptors (Lipinski definition) is 1. The Kier molecular flexibility index (Phi) is 3.72. The summed E-state index contributed by atoms with van der Waals surface area (Å²) in [6, 6.07) is 11.0. The second kappa shape index (κ2) is 4.90. The minimum atomic E-state index is -1.31. The van der Waals surface area contributed by atoms with Crippen LogP contribution >= 0.6 is 7.14 Å². The third-order valence-corrected chi connectivity index (χ3v) is 9.58. The molecular formula is C13H22BOP. The Morgan fingerprint density at radius 3 is 2.75 bits per heavy atom. The van der Waals surface area contributed by atoms with Crippen molar-refractivity contribution in [3.05, 3.63) is 30.3 Å². The number of benzene rings is 1. The molecular weight excluding hydrogens is 214 g/mol. The van der Waals surface area contributed by atoms with Gasteiger partial charge in [-0.3, -0.25) is 0 Å². The molecule has 0 aromatic heterocycles. The van der Waals surface area contributed by atoms with Crippen LogP contribution < -0.4 is 5.30 Å². The van der Waals surface area contributed by atoms with Crippen LogP contribution in [0.2, 0.25) is 0 Å². The van der Waals surface area contributed by atoms with Crippen LogP contribution in [0.5, 0.6) is 0 Å². The van der Waals surface area contributed by atoms with Gasteiger partial charge in [-0.15, -0.1) is 0 Å². The number of aliphatic hydroxyl groups is 1. The third-order valence-electron chi connectivity index (χ3n) is 4.21. The molecule has 1 unspecified atom stereocenters. The average molecular weight is 236 g/mol. The first-order valence-electron chi connectivity index (χ1n) is 6.36. The molecule has 2 atom stereocenters.